The van der Waals surface area contributed by atoms with Gasteiger partial charge in [-0.2, -0.15) is 0 Å². The fourth-order valence-electron chi connectivity index (χ4n) is 4.47. The van der Waals surface area contributed by atoms with Crippen LogP contribution in [0.25, 0.3) is 10.9 Å². The zero-order valence-corrected chi connectivity index (χ0v) is 21.9. The van der Waals surface area contributed by atoms with E-state index >= 15 is 0 Å². The second-order valence-corrected chi connectivity index (χ2v) is 10.7. The van der Waals surface area contributed by atoms with E-state index in [9.17, 15) is 18.3 Å². The van der Waals surface area contributed by atoms with E-state index in [0.29, 0.717) is 28.6 Å². The molecular weight excluding hydrogens is 514 g/mol. The van der Waals surface area contributed by atoms with Crippen molar-refractivity contribution < 1.29 is 23.1 Å². The molecule has 0 fully saturated rings. The molecule has 0 amide bonds. The number of carboxylic acids is 1. The molecule has 8 nitrogen and oxygen atoms in total. The number of fused-ring (bicyclic) bond motifs is 1. The summed E-state index contributed by atoms with van der Waals surface area (Å²) < 4.78 is 34.7. The maximum absolute atomic E-state index is 14.2. The highest BCUT2D eigenvalue weighted by atomic mass is 32.2. The summed E-state index contributed by atoms with van der Waals surface area (Å²) in [5, 5.41) is 10.6. The number of nitrogens with zero attached hydrogens (tertiary/aromatic N) is 3. The molecule has 196 valence electrons. The van der Waals surface area contributed by atoms with E-state index in [1.807, 2.05) is 36.4 Å². The Balaban J connectivity index is 1.75. The monoisotopic (exact) mass is 539 g/mol. The van der Waals surface area contributed by atoms with Gasteiger partial charge < -0.3 is 9.84 Å². The summed E-state index contributed by atoms with van der Waals surface area (Å²) in [7, 11) is -2.74. The fourth-order valence-corrected chi connectivity index (χ4v) is 5.96. The van der Waals surface area contributed by atoms with Crippen LogP contribution in [0, 0.1) is 0 Å². The van der Waals surface area contributed by atoms with E-state index in [1.165, 1.54) is 25.4 Å². The predicted octanol–water partition coefficient (Wildman–Crippen LogP) is 5.32. The molecule has 0 saturated carbocycles. The van der Waals surface area contributed by atoms with Crippen LogP contribution < -0.4 is 9.04 Å². The van der Waals surface area contributed by atoms with Crippen molar-refractivity contribution >= 4 is 32.6 Å². The molecule has 3 aromatic carbocycles. The average Bonchev–Trinajstić information content (AvgIpc) is 2.96. The lowest BCUT2D eigenvalue weighted by molar-refractivity contribution is 0.0697. The molecular formula is C30H25N3O5S. The Labute approximate surface area is 226 Å². The number of rotatable bonds is 9. The third kappa shape index (κ3) is 5.30. The zero-order valence-electron chi connectivity index (χ0n) is 21.1. The van der Waals surface area contributed by atoms with Crippen LogP contribution in [-0.4, -0.2) is 36.6 Å². The molecule has 0 atom stereocenters. The number of aromatic nitrogens is 2. The highest BCUT2D eigenvalue weighted by molar-refractivity contribution is 7.92. The van der Waals surface area contributed by atoms with Gasteiger partial charge in [-0.25, -0.2) is 13.2 Å². The molecule has 0 aliphatic heterocycles. The Kier molecular flexibility index (Phi) is 7.25. The summed E-state index contributed by atoms with van der Waals surface area (Å²) in [5.74, 6) is -0.784. The van der Waals surface area contributed by atoms with Crippen LogP contribution in [0.4, 0.5) is 5.69 Å². The number of methoxy groups -OCH3 is 1. The fraction of sp³-hybridized carbons (Fsp3) is 0.100. The van der Waals surface area contributed by atoms with Gasteiger partial charge in [-0.3, -0.25) is 14.3 Å². The van der Waals surface area contributed by atoms with Gasteiger partial charge in [0.2, 0.25) is 0 Å². The topological polar surface area (TPSA) is 110 Å². The molecule has 9 heteroatoms. The molecule has 39 heavy (non-hydrogen) atoms. The van der Waals surface area contributed by atoms with Crippen LogP contribution in [0.2, 0.25) is 0 Å². The Morgan fingerprint density at radius 3 is 2.31 bits per heavy atom. The number of carbonyl (C=O) groups is 1. The quantitative estimate of drug-likeness (QED) is 0.270. The number of ether oxygens (including phenoxy) is 1. The average molecular weight is 540 g/mol. The van der Waals surface area contributed by atoms with Crippen LogP contribution in [0.5, 0.6) is 5.75 Å². The van der Waals surface area contributed by atoms with Crippen molar-refractivity contribution in [3.05, 3.63) is 126 Å². The van der Waals surface area contributed by atoms with Crippen LogP contribution in [0.15, 0.2) is 108 Å². The van der Waals surface area contributed by atoms with Gasteiger partial charge in [0.15, 0.2) is 0 Å². The molecule has 0 aliphatic carbocycles. The number of aromatic carboxylic acids is 1. The minimum absolute atomic E-state index is 0.00562. The summed E-state index contributed by atoms with van der Waals surface area (Å²) in [4.78, 5) is 21.1. The van der Waals surface area contributed by atoms with Gasteiger partial charge in [-0.1, -0.05) is 54.6 Å². The summed E-state index contributed by atoms with van der Waals surface area (Å²) in [6.07, 6.45) is 4.92. The number of hydrogen-bond acceptors (Lipinski definition) is 6. The lowest BCUT2D eigenvalue weighted by Crippen LogP contribution is -2.32. The summed E-state index contributed by atoms with van der Waals surface area (Å²) in [6, 6.07) is 24.6. The smallest absolute Gasteiger partial charge is 0.339 e. The second kappa shape index (κ2) is 10.9. The maximum Gasteiger partial charge on any atom is 0.339 e. The minimum atomic E-state index is -4.24. The highest BCUT2D eigenvalue weighted by Gasteiger charge is 2.31. The first-order chi connectivity index (χ1) is 18.9. The molecule has 2 aromatic heterocycles. The first kappa shape index (κ1) is 25.9. The third-order valence-corrected chi connectivity index (χ3v) is 8.13. The van der Waals surface area contributed by atoms with Crippen LogP contribution >= 0.6 is 0 Å². The van der Waals surface area contributed by atoms with Gasteiger partial charge in [-0.15, -0.1) is 0 Å². The number of sulfonamides is 1. The second-order valence-electron chi connectivity index (χ2n) is 8.85. The largest absolute Gasteiger partial charge is 0.497 e. The molecule has 0 unspecified atom stereocenters. The number of hydrogen-bond donors (Lipinski definition) is 1. The molecule has 0 aliphatic rings. The number of pyridine rings is 2. The molecule has 2 heterocycles. The zero-order chi connectivity index (χ0) is 27.4. The number of anilines is 1. The van der Waals surface area contributed by atoms with Gasteiger partial charge in [0.05, 0.1) is 29.8 Å². The number of para-hydroxylation sites is 1. The number of benzene rings is 3. The molecule has 0 saturated heterocycles. The van der Waals surface area contributed by atoms with Gasteiger partial charge in [0.1, 0.15) is 11.3 Å². The predicted molar refractivity (Wildman–Crippen MR) is 149 cm³/mol. The standard InChI is InChI=1S/C30H25N3O5S/c1-38-24-12-14-25(15-13-24)39(36,37)33(20-22-9-6-16-31-18-22)29-26-11-5-10-23(17-21-7-3-2-4-8-21)28(26)32-19-27(29)30(34)35/h2-16,18-19H,17,20H2,1H3,(H,34,35). The lowest BCUT2D eigenvalue weighted by atomic mass is 10.00. The van der Waals surface area contributed by atoms with Crippen molar-refractivity contribution in [1.82, 2.24) is 9.97 Å². The highest BCUT2D eigenvalue weighted by Crippen LogP contribution is 2.36. The Morgan fingerprint density at radius 2 is 1.64 bits per heavy atom. The van der Waals surface area contributed by atoms with Crippen molar-refractivity contribution in [2.45, 2.75) is 17.9 Å². The van der Waals surface area contributed by atoms with Crippen molar-refractivity contribution in [3.63, 3.8) is 0 Å². The summed E-state index contributed by atoms with van der Waals surface area (Å²) >= 11 is 0. The molecule has 0 bridgehead atoms. The Hall–Kier alpha value is -4.76. The van der Waals surface area contributed by atoms with Gasteiger partial charge >= 0.3 is 5.97 Å². The third-order valence-electron chi connectivity index (χ3n) is 6.37. The van der Waals surface area contributed by atoms with Crippen molar-refractivity contribution in [3.8, 4) is 5.75 Å². The van der Waals surface area contributed by atoms with Crippen LogP contribution in [0.1, 0.15) is 27.0 Å². The first-order valence-electron chi connectivity index (χ1n) is 12.1. The molecule has 0 radical (unpaired) electrons. The van der Waals surface area contributed by atoms with Crippen LogP contribution in [0.3, 0.4) is 0 Å². The summed E-state index contributed by atoms with van der Waals surface area (Å²) in [5.41, 5.74) is 2.84. The van der Waals surface area contributed by atoms with E-state index in [2.05, 4.69) is 9.97 Å². The molecule has 1 N–H and O–H groups in total. The molecule has 5 rings (SSSR count). The molecule has 0 spiro atoms. The van der Waals surface area contributed by atoms with Gasteiger partial charge in [0, 0.05) is 24.0 Å². The SMILES string of the molecule is COc1ccc(S(=O)(=O)N(Cc2cccnc2)c2c(C(=O)O)cnc3c(Cc4ccccc4)cccc23)cc1. The molecule has 5 aromatic rings. The minimum Gasteiger partial charge on any atom is -0.497 e. The van der Waals surface area contributed by atoms with Crippen molar-refractivity contribution in [2.24, 2.45) is 0 Å². The van der Waals surface area contributed by atoms with Crippen LogP contribution in [-0.2, 0) is 23.0 Å². The number of carboxylic acid groups (broad SMARTS) is 1. The van der Waals surface area contributed by atoms with Gasteiger partial charge in [0.25, 0.3) is 10.0 Å². The summed E-state index contributed by atoms with van der Waals surface area (Å²) in [6.45, 7) is -0.134. The Bertz CT molecular complexity index is 1730. The van der Waals surface area contributed by atoms with Gasteiger partial charge in [-0.05, 0) is 53.4 Å². The Morgan fingerprint density at radius 1 is 0.897 bits per heavy atom. The van der Waals surface area contributed by atoms with Crippen molar-refractivity contribution in [2.75, 3.05) is 11.4 Å². The maximum atomic E-state index is 14.2. The van der Waals surface area contributed by atoms with E-state index in [0.717, 1.165) is 15.4 Å². The van der Waals surface area contributed by atoms with Crippen molar-refractivity contribution in [1.29, 1.82) is 0 Å². The first-order valence-corrected chi connectivity index (χ1v) is 13.6. The van der Waals surface area contributed by atoms with E-state index in [1.54, 1.807) is 48.8 Å². The van der Waals surface area contributed by atoms with E-state index in [-0.39, 0.29) is 22.7 Å². The van der Waals surface area contributed by atoms with E-state index < -0.39 is 16.0 Å². The normalized spacial score (nSPS) is 11.3. The lowest BCUT2D eigenvalue weighted by Gasteiger charge is -2.27. The van der Waals surface area contributed by atoms with E-state index in [4.69, 9.17) is 4.74 Å².